The van der Waals surface area contributed by atoms with Crippen LogP contribution in [0.1, 0.15) is 45.4 Å². The number of ether oxygens (including phenoxy) is 1. The maximum absolute atomic E-state index is 11.4. The number of esters is 1. The second-order valence-corrected chi connectivity index (χ2v) is 4.26. The SMILES string of the molecule is CCCCOC(=O)CN1CCCCCC1. The summed E-state index contributed by atoms with van der Waals surface area (Å²) in [5.74, 6) is -0.0506. The van der Waals surface area contributed by atoms with Crippen LogP contribution < -0.4 is 0 Å². The fourth-order valence-corrected chi connectivity index (χ4v) is 1.85. The van der Waals surface area contributed by atoms with Crippen molar-refractivity contribution < 1.29 is 9.53 Å². The standard InChI is InChI=1S/C12H23NO2/c1-2-3-10-15-12(14)11-13-8-6-4-5-7-9-13/h2-11H2,1H3. The minimum Gasteiger partial charge on any atom is -0.465 e. The number of hydrogen-bond acceptors (Lipinski definition) is 3. The minimum absolute atomic E-state index is 0.0506. The van der Waals surface area contributed by atoms with E-state index in [1.54, 1.807) is 0 Å². The van der Waals surface area contributed by atoms with Gasteiger partial charge in [0, 0.05) is 0 Å². The molecule has 0 aromatic rings. The van der Waals surface area contributed by atoms with Gasteiger partial charge in [0.1, 0.15) is 0 Å². The van der Waals surface area contributed by atoms with Crippen molar-refractivity contribution in [1.82, 2.24) is 4.90 Å². The number of carbonyl (C=O) groups excluding carboxylic acids is 1. The molecule has 0 bridgehead atoms. The highest BCUT2D eigenvalue weighted by atomic mass is 16.5. The monoisotopic (exact) mass is 213 g/mol. The van der Waals surface area contributed by atoms with Crippen LogP contribution in [0.5, 0.6) is 0 Å². The lowest BCUT2D eigenvalue weighted by Crippen LogP contribution is -2.31. The highest BCUT2D eigenvalue weighted by molar-refractivity contribution is 5.71. The molecule has 0 saturated carbocycles. The molecule has 0 N–H and O–H groups in total. The molecular weight excluding hydrogens is 190 g/mol. The van der Waals surface area contributed by atoms with E-state index in [4.69, 9.17) is 4.74 Å². The van der Waals surface area contributed by atoms with E-state index in [1.165, 1.54) is 25.7 Å². The molecule has 3 nitrogen and oxygen atoms in total. The van der Waals surface area contributed by atoms with Gasteiger partial charge in [-0.3, -0.25) is 9.69 Å². The Bertz CT molecular complexity index is 174. The largest absolute Gasteiger partial charge is 0.465 e. The molecule has 1 saturated heterocycles. The molecule has 0 atom stereocenters. The second-order valence-electron chi connectivity index (χ2n) is 4.26. The molecule has 0 spiro atoms. The van der Waals surface area contributed by atoms with Gasteiger partial charge in [0.2, 0.25) is 0 Å². The van der Waals surface area contributed by atoms with Crippen molar-refractivity contribution in [2.24, 2.45) is 0 Å². The third-order valence-electron chi connectivity index (χ3n) is 2.81. The molecule has 0 unspecified atom stereocenters. The topological polar surface area (TPSA) is 29.5 Å². The Balaban J connectivity index is 2.12. The maximum Gasteiger partial charge on any atom is 0.320 e. The Morgan fingerprint density at radius 2 is 1.87 bits per heavy atom. The van der Waals surface area contributed by atoms with Crippen molar-refractivity contribution in [2.45, 2.75) is 45.4 Å². The number of rotatable bonds is 5. The van der Waals surface area contributed by atoms with Crippen LogP contribution in [-0.2, 0) is 9.53 Å². The molecule has 1 heterocycles. The summed E-state index contributed by atoms with van der Waals surface area (Å²) >= 11 is 0. The molecule has 1 aliphatic rings. The Morgan fingerprint density at radius 1 is 1.20 bits per heavy atom. The van der Waals surface area contributed by atoms with Crippen molar-refractivity contribution >= 4 is 5.97 Å². The highest BCUT2D eigenvalue weighted by Gasteiger charge is 2.13. The van der Waals surface area contributed by atoms with Crippen molar-refractivity contribution in [3.63, 3.8) is 0 Å². The quantitative estimate of drug-likeness (QED) is 0.518. The van der Waals surface area contributed by atoms with E-state index in [1.807, 2.05) is 0 Å². The van der Waals surface area contributed by atoms with Crippen LogP contribution in [0.2, 0.25) is 0 Å². The van der Waals surface area contributed by atoms with E-state index in [0.717, 1.165) is 25.9 Å². The lowest BCUT2D eigenvalue weighted by Gasteiger charge is -2.18. The number of likely N-dealkylation sites (tertiary alicyclic amines) is 1. The van der Waals surface area contributed by atoms with Gasteiger partial charge in [-0.05, 0) is 32.4 Å². The Kier molecular flexibility index (Phi) is 6.41. The first kappa shape index (κ1) is 12.5. The van der Waals surface area contributed by atoms with Crippen molar-refractivity contribution in [2.75, 3.05) is 26.2 Å². The molecule has 0 aromatic heterocycles. The van der Waals surface area contributed by atoms with Gasteiger partial charge < -0.3 is 4.74 Å². The zero-order chi connectivity index (χ0) is 10.9. The van der Waals surface area contributed by atoms with Gasteiger partial charge in [-0.15, -0.1) is 0 Å². The predicted molar refractivity (Wildman–Crippen MR) is 60.8 cm³/mol. The molecule has 1 aliphatic heterocycles. The minimum atomic E-state index is -0.0506. The molecule has 1 fully saturated rings. The summed E-state index contributed by atoms with van der Waals surface area (Å²) in [6, 6.07) is 0. The van der Waals surface area contributed by atoms with Gasteiger partial charge in [-0.2, -0.15) is 0 Å². The summed E-state index contributed by atoms with van der Waals surface area (Å²) in [4.78, 5) is 13.7. The third-order valence-corrected chi connectivity index (χ3v) is 2.81. The number of carbonyl (C=O) groups is 1. The van der Waals surface area contributed by atoms with Gasteiger partial charge in [-0.25, -0.2) is 0 Å². The van der Waals surface area contributed by atoms with Crippen LogP contribution >= 0.6 is 0 Å². The van der Waals surface area contributed by atoms with Gasteiger partial charge in [0.25, 0.3) is 0 Å². The normalized spacial score (nSPS) is 18.5. The highest BCUT2D eigenvalue weighted by Crippen LogP contribution is 2.09. The molecule has 0 aromatic carbocycles. The summed E-state index contributed by atoms with van der Waals surface area (Å²) in [6.07, 6.45) is 7.12. The second kappa shape index (κ2) is 7.69. The average molecular weight is 213 g/mol. The molecule has 15 heavy (non-hydrogen) atoms. The number of unbranched alkanes of at least 4 members (excludes halogenated alkanes) is 1. The number of hydrogen-bond donors (Lipinski definition) is 0. The first-order valence-electron chi connectivity index (χ1n) is 6.21. The first-order chi connectivity index (χ1) is 7.33. The molecule has 0 aliphatic carbocycles. The fourth-order valence-electron chi connectivity index (χ4n) is 1.85. The molecule has 1 rings (SSSR count). The van der Waals surface area contributed by atoms with E-state index in [-0.39, 0.29) is 5.97 Å². The van der Waals surface area contributed by atoms with E-state index < -0.39 is 0 Å². The third kappa shape index (κ3) is 5.78. The lowest BCUT2D eigenvalue weighted by atomic mass is 10.2. The molecule has 88 valence electrons. The van der Waals surface area contributed by atoms with Crippen LogP contribution in [0.3, 0.4) is 0 Å². The van der Waals surface area contributed by atoms with Crippen LogP contribution in [-0.4, -0.2) is 37.1 Å². The maximum atomic E-state index is 11.4. The molecule has 0 radical (unpaired) electrons. The van der Waals surface area contributed by atoms with Crippen molar-refractivity contribution in [3.8, 4) is 0 Å². The summed E-state index contributed by atoms with van der Waals surface area (Å²) in [6.45, 7) is 5.29. The van der Waals surface area contributed by atoms with Gasteiger partial charge in [0.05, 0.1) is 13.2 Å². The van der Waals surface area contributed by atoms with Gasteiger partial charge in [-0.1, -0.05) is 26.2 Å². The molecule has 0 amide bonds. The smallest absolute Gasteiger partial charge is 0.320 e. The van der Waals surface area contributed by atoms with Crippen LogP contribution in [0.25, 0.3) is 0 Å². The number of nitrogens with zero attached hydrogens (tertiary/aromatic N) is 1. The fraction of sp³-hybridized carbons (Fsp3) is 0.917. The van der Waals surface area contributed by atoms with Gasteiger partial charge >= 0.3 is 5.97 Å². The molecular formula is C12H23NO2. The van der Waals surface area contributed by atoms with Crippen molar-refractivity contribution in [1.29, 1.82) is 0 Å². The first-order valence-corrected chi connectivity index (χ1v) is 6.21. The van der Waals surface area contributed by atoms with Crippen LogP contribution in [0.4, 0.5) is 0 Å². The van der Waals surface area contributed by atoms with Crippen molar-refractivity contribution in [3.05, 3.63) is 0 Å². The van der Waals surface area contributed by atoms with Crippen LogP contribution in [0, 0.1) is 0 Å². The van der Waals surface area contributed by atoms with E-state index in [2.05, 4.69) is 11.8 Å². The van der Waals surface area contributed by atoms with E-state index >= 15 is 0 Å². The Morgan fingerprint density at radius 3 is 2.47 bits per heavy atom. The summed E-state index contributed by atoms with van der Waals surface area (Å²) in [7, 11) is 0. The van der Waals surface area contributed by atoms with E-state index in [9.17, 15) is 4.79 Å². The Labute approximate surface area is 92.8 Å². The summed E-state index contributed by atoms with van der Waals surface area (Å²) < 4.78 is 5.15. The molecule has 3 heteroatoms. The predicted octanol–water partition coefficient (Wildman–Crippen LogP) is 2.21. The van der Waals surface area contributed by atoms with Gasteiger partial charge in [0.15, 0.2) is 0 Å². The van der Waals surface area contributed by atoms with Crippen LogP contribution in [0.15, 0.2) is 0 Å². The lowest BCUT2D eigenvalue weighted by molar-refractivity contribution is -0.145. The van der Waals surface area contributed by atoms with E-state index in [0.29, 0.717) is 13.2 Å². The zero-order valence-electron chi connectivity index (χ0n) is 9.83. The summed E-state index contributed by atoms with van der Waals surface area (Å²) in [5.41, 5.74) is 0. The average Bonchev–Trinajstić information content (AvgIpc) is 2.47. The summed E-state index contributed by atoms with van der Waals surface area (Å²) in [5, 5.41) is 0. The zero-order valence-corrected chi connectivity index (χ0v) is 9.83. The Hall–Kier alpha value is -0.570.